The van der Waals surface area contributed by atoms with Crippen molar-refractivity contribution in [1.29, 1.82) is 0 Å². The fourth-order valence-electron chi connectivity index (χ4n) is 1.83. The van der Waals surface area contributed by atoms with Gasteiger partial charge < -0.3 is 5.11 Å². The highest BCUT2D eigenvalue weighted by Crippen LogP contribution is 2.15. The van der Waals surface area contributed by atoms with Crippen LogP contribution in [0.1, 0.15) is 43.4 Å². The second-order valence-corrected chi connectivity index (χ2v) is 5.03. The number of aliphatic hydroxyl groups excluding tert-OH is 1. The minimum absolute atomic E-state index is 0.181. The highest BCUT2D eigenvalue weighted by Gasteiger charge is 2.08. The summed E-state index contributed by atoms with van der Waals surface area (Å²) < 4.78 is 0. The molecular weight excluding hydrogens is 196 g/mol. The maximum absolute atomic E-state index is 9.40. The smallest absolute Gasteiger partial charge is 0.0537 e. The van der Waals surface area contributed by atoms with E-state index in [9.17, 15) is 5.11 Å². The molecule has 0 aliphatic carbocycles. The molecule has 2 atom stereocenters. The van der Waals surface area contributed by atoms with Crippen molar-refractivity contribution in [3.05, 3.63) is 34.9 Å². The van der Waals surface area contributed by atoms with Crippen LogP contribution in [-0.2, 0) is 6.42 Å². The Morgan fingerprint density at radius 2 is 1.81 bits per heavy atom. The van der Waals surface area contributed by atoms with E-state index in [1.165, 1.54) is 16.7 Å². The summed E-state index contributed by atoms with van der Waals surface area (Å²) in [5, 5.41) is 9.40. The second kappa shape index (κ2) is 6.05. The fraction of sp³-hybridized carbons (Fsp3) is 0.600. The molecule has 1 aromatic carbocycles. The summed E-state index contributed by atoms with van der Waals surface area (Å²) in [6.45, 7) is 8.30. The third-order valence-corrected chi connectivity index (χ3v) is 3.52. The van der Waals surface area contributed by atoms with Gasteiger partial charge in [-0.1, -0.05) is 25.1 Å². The summed E-state index contributed by atoms with van der Waals surface area (Å²) in [6, 6.07) is 6.69. The van der Waals surface area contributed by atoms with Crippen LogP contribution < -0.4 is 0 Å². The van der Waals surface area contributed by atoms with Gasteiger partial charge in [0.15, 0.2) is 0 Å². The third kappa shape index (κ3) is 3.97. The molecular formula is C15H24O. The first-order chi connectivity index (χ1) is 7.50. The van der Waals surface area contributed by atoms with Crippen molar-refractivity contribution >= 4 is 0 Å². The zero-order valence-electron chi connectivity index (χ0n) is 11.0. The standard InChI is InChI=1S/C15H24O/c1-11-8-9-15(10-13(11)3)7-5-6-12(2)14(4)16/h8-10,12,14,16H,5-7H2,1-4H3. The van der Waals surface area contributed by atoms with Crippen LogP contribution in [0, 0.1) is 19.8 Å². The number of aliphatic hydroxyl groups is 1. The van der Waals surface area contributed by atoms with Gasteiger partial charge in [-0.25, -0.2) is 0 Å². The topological polar surface area (TPSA) is 20.2 Å². The monoisotopic (exact) mass is 220 g/mol. The summed E-state index contributed by atoms with van der Waals surface area (Å²) in [7, 11) is 0. The third-order valence-electron chi connectivity index (χ3n) is 3.52. The number of benzene rings is 1. The van der Waals surface area contributed by atoms with E-state index >= 15 is 0 Å². The molecule has 1 N–H and O–H groups in total. The Morgan fingerprint density at radius 3 is 2.38 bits per heavy atom. The van der Waals surface area contributed by atoms with E-state index in [0.717, 1.165) is 19.3 Å². The molecule has 0 saturated carbocycles. The SMILES string of the molecule is Cc1ccc(CCCC(C)C(C)O)cc1C. The van der Waals surface area contributed by atoms with E-state index in [4.69, 9.17) is 0 Å². The lowest BCUT2D eigenvalue weighted by Gasteiger charge is -2.14. The molecule has 0 aliphatic rings. The molecule has 2 unspecified atom stereocenters. The van der Waals surface area contributed by atoms with Crippen LogP contribution in [0.3, 0.4) is 0 Å². The lowest BCUT2D eigenvalue weighted by molar-refractivity contribution is 0.129. The Kier molecular flexibility index (Phi) is 5.01. The molecule has 1 aromatic rings. The van der Waals surface area contributed by atoms with E-state index in [-0.39, 0.29) is 6.10 Å². The molecule has 1 nitrogen and oxygen atoms in total. The number of aryl methyl sites for hydroxylation is 3. The zero-order valence-corrected chi connectivity index (χ0v) is 11.0. The Morgan fingerprint density at radius 1 is 1.12 bits per heavy atom. The molecule has 0 amide bonds. The predicted molar refractivity (Wildman–Crippen MR) is 69.7 cm³/mol. The summed E-state index contributed by atoms with van der Waals surface area (Å²) in [5.41, 5.74) is 4.16. The molecule has 0 fully saturated rings. The van der Waals surface area contributed by atoms with Gasteiger partial charge in [0, 0.05) is 0 Å². The molecule has 1 heteroatoms. The average molecular weight is 220 g/mol. The van der Waals surface area contributed by atoms with Crippen molar-refractivity contribution in [2.45, 2.75) is 53.1 Å². The quantitative estimate of drug-likeness (QED) is 0.803. The van der Waals surface area contributed by atoms with Crippen LogP contribution in [0.5, 0.6) is 0 Å². The van der Waals surface area contributed by atoms with Crippen LogP contribution in [0.4, 0.5) is 0 Å². The molecule has 0 aliphatic heterocycles. The molecule has 0 aromatic heterocycles. The van der Waals surface area contributed by atoms with Crippen molar-refractivity contribution in [2.75, 3.05) is 0 Å². The van der Waals surface area contributed by atoms with Crippen molar-refractivity contribution in [2.24, 2.45) is 5.92 Å². The van der Waals surface area contributed by atoms with Crippen molar-refractivity contribution in [3.8, 4) is 0 Å². The first-order valence-electron chi connectivity index (χ1n) is 6.25. The first kappa shape index (κ1) is 13.2. The molecule has 90 valence electrons. The van der Waals surface area contributed by atoms with Gasteiger partial charge in [-0.3, -0.25) is 0 Å². The number of rotatable bonds is 5. The van der Waals surface area contributed by atoms with Gasteiger partial charge in [0.1, 0.15) is 0 Å². The Labute approximate surface area is 99.5 Å². The molecule has 1 rings (SSSR count). The normalized spacial score (nSPS) is 14.8. The largest absolute Gasteiger partial charge is 0.393 e. The fourth-order valence-corrected chi connectivity index (χ4v) is 1.83. The highest BCUT2D eigenvalue weighted by molar-refractivity contribution is 5.29. The van der Waals surface area contributed by atoms with Gasteiger partial charge in [-0.05, 0) is 62.6 Å². The van der Waals surface area contributed by atoms with Gasteiger partial charge in [0.2, 0.25) is 0 Å². The lowest BCUT2D eigenvalue weighted by atomic mass is 9.96. The van der Waals surface area contributed by atoms with Crippen molar-refractivity contribution < 1.29 is 5.11 Å². The molecule has 16 heavy (non-hydrogen) atoms. The van der Waals surface area contributed by atoms with Gasteiger partial charge in [0.25, 0.3) is 0 Å². The van der Waals surface area contributed by atoms with Crippen LogP contribution in [-0.4, -0.2) is 11.2 Å². The van der Waals surface area contributed by atoms with E-state index in [0.29, 0.717) is 5.92 Å². The summed E-state index contributed by atoms with van der Waals surface area (Å²) in [6.07, 6.45) is 3.21. The summed E-state index contributed by atoms with van der Waals surface area (Å²) >= 11 is 0. The van der Waals surface area contributed by atoms with Crippen molar-refractivity contribution in [1.82, 2.24) is 0 Å². The van der Waals surface area contributed by atoms with Gasteiger partial charge in [-0.15, -0.1) is 0 Å². The van der Waals surface area contributed by atoms with Gasteiger partial charge in [0.05, 0.1) is 6.10 Å². The van der Waals surface area contributed by atoms with Gasteiger partial charge >= 0.3 is 0 Å². The van der Waals surface area contributed by atoms with E-state index in [1.807, 2.05) is 6.92 Å². The Hall–Kier alpha value is -0.820. The van der Waals surface area contributed by atoms with E-state index < -0.39 is 0 Å². The van der Waals surface area contributed by atoms with E-state index in [2.05, 4.69) is 39.0 Å². The molecule has 0 heterocycles. The maximum Gasteiger partial charge on any atom is 0.0537 e. The average Bonchev–Trinajstić information content (AvgIpc) is 2.23. The molecule has 0 spiro atoms. The second-order valence-electron chi connectivity index (χ2n) is 5.03. The van der Waals surface area contributed by atoms with Gasteiger partial charge in [-0.2, -0.15) is 0 Å². The first-order valence-corrected chi connectivity index (χ1v) is 6.25. The number of hydrogen-bond donors (Lipinski definition) is 1. The summed E-state index contributed by atoms with van der Waals surface area (Å²) in [4.78, 5) is 0. The Bertz CT molecular complexity index is 328. The lowest BCUT2D eigenvalue weighted by Crippen LogP contribution is -2.12. The minimum atomic E-state index is -0.181. The van der Waals surface area contributed by atoms with Crippen LogP contribution in [0.25, 0.3) is 0 Å². The highest BCUT2D eigenvalue weighted by atomic mass is 16.3. The number of hydrogen-bond acceptors (Lipinski definition) is 1. The predicted octanol–water partition coefficient (Wildman–Crippen LogP) is 3.64. The molecule has 0 bridgehead atoms. The van der Waals surface area contributed by atoms with Crippen LogP contribution in [0.2, 0.25) is 0 Å². The van der Waals surface area contributed by atoms with E-state index in [1.54, 1.807) is 0 Å². The molecule has 0 saturated heterocycles. The van der Waals surface area contributed by atoms with Crippen molar-refractivity contribution in [3.63, 3.8) is 0 Å². The van der Waals surface area contributed by atoms with Crippen LogP contribution in [0.15, 0.2) is 18.2 Å². The van der Waals surface area contributed by atoms with Crippen LogP contribution >= 0.6 is 0 Å². The molecule has 0 radical (unpaired) electrons. The summed E-state index contributed by atoms with van der Waals surface area (Å²) in [5.74, 6) is 0.409. The Balaban J connectivity index is 2.40. The zero-order chi connectivity index (χ0) is 12.1. The maximum atomic E-state index is 9.40. The minimum Gasteiger partial charge on any atom is -0.393 e.